The lowest BCUT2D eigenvalue weighted by atomic mass is 10.1. The number of hydrogen-bond donors (Lipinski definition) is 1. The molecule has 0 aliphatic rings. The number of anilines is 1. The lowest BCUT2D eigenvalue weighted by Crippen LogP contribution is -2.25. The molecule has 0 aliphatic heterocycles. The van der Waals surface area contributed by atoms with Gasteiger partial charge in [0.1, 0.15) is 0 Å². The second-order valence-electron chi connectivity index (χ2n) is 3.81. The topological polar surface area (TPSA) is 70.3 Å². The molecule has 84 valence electrons. The maximum Gasteiger partial charge on any atom is 0.257 e. The Labute approximate surface area is 89.6 Å². The number of ether oxygens (including phenoxy) is 2. The van der Waals surface area contributed by atoms with Gasteiger partial charge in [0.2, 0.25) is 0 Å². The Balaban J connectivity index is 2.42. The Kier molecular flexibility index (Phi) is 3.85. The predicted octanol–water partition coefficient (Wildman–Crippen LogP) is 1.25. The first-order valence-electron chi connectivity index (χ1n) is 4.79. The summed E-state index contributed by atoms with van der Waals surface area (Å²) in [6, 6.07) is 0. The minimum atomic E-state index is -0.197. The molecule has 0 bridgehead atoms. The summed E-state index contributed by atoms with van der Waals surface area (Å²) in [5.74, 6) is 0.692. The van der Waals surface area contributed by atoms with Crippen molar-refractivity contribution in [2.75, 3.05) is 19.5 Å². The molecule has 0 unspecified atom stereocenters. The van der Waals surface area contributed by atoms with Gasteiger partial charge >= 0.3 is 0 Å². The minimum absolute atomic E-state index is 0.197. The van der Waals surface area contributed by atoms with Crippen molar-refractivity contribution in [1.29, 1.82) is 0 Å². The lowest BCUT2D eigenvalue weighted by Gasteiger charge is -2.22. The van der Waals surface area contributed by atoms with Crippen LogP contribution in [0.4, 0.5) is 5.82 Å². The van der Waals surface area contributed by atoms with Gasteiger partial charge in [-0.25, -0.2) is 9.97 Å². The Morgan fingerprint density at radius 2 is 2.00 bits per heavy atom. The zero-order chi connectivity index (χ0) is 11.3. The van der Waals surface area contributed by atoms with Gasteiger partial charge in [0, 0.05) is 25.9 Å². The molecular weight excluding hydrogens is 194 g/mol. The van der Waals surface area contributed by atoms with Crippen LogP contribution in [0.15, 0.2) is 12.4 Å². The maximum atomic E-state index is 5.57. The first-order chi connectivity index (χ1) is 7.05. The molecule has 0 atom stereocenters. The van der Waals surface area contributed by atoms with E-state index in [9.17, 15) is 0 Å². The van der Waals surface area contributed by atoms with Gasteiger partial charge in [0.25, 0.3) is 5.88 Å². The second-order valence-corrected chi connectivity index (χ2v) is 3.81. The fourth-order valence-corrected chi connectivity index (χ4v) is 0.943. The van der Waals surface area contributed by atoms with E-state index in [1.54, 1.807) is 13.3 Å². The van der Waals surface area contributed by atoms with Crippen molar-refractivity contribution < 1.29 is 9.47 Å². The Morgan fingerprint density at radius 1 is 1.33 bits per heavy atom. The van der Waals surface area contributed by atoms with Gasteiger partial charge in [-0.15, -0.1) is 0 Å². The monoisotopic (exact) mass is 211 g/mol. The molecule has 0 aromatic carbocycles. The van der Waals surface area contributed by atoms with E-state index in [-0.39, 0.29) is 5.60 Å². The van der Waals surface area contributed by atoms with Crippen LogP contribution in [-0.2, 0) is 4.74 Å². The third kappa shape index (κ3) is 3.71. The number of aromatic nitrogens is 2. The largest absolute Gasteiger partial charge is 0.475 e. The van der Waals surface area contributed by atoms with E-state index >= 15 is 0 Å². The number of rotatable bonds is 5. The highest BCUT2D eigenvalue weighted by Crippen LogP contribution is 2.16. The van der Waals surface area contributed by atoms with Crippen LogP contribution in [0.3, 0.4) is 0 Å². The molecule has 0 saturated carbocycles. The summed E-state index contributed by atoms with van der Waals surface area (Å²) >= 11 is 0. The van der Waals surface area contributed by atoms with Gasteiger partial charge in [-0.05, 0) is 13.8 Å². The van der Waals surface area contributed by atoms with E-state index in [1.807, 2.05) is 13.8 Å². The molecule has 1 aromatic heterocycles. The smallest absolute Gasteiger partial charge is 0.257 e. The van der Waals surface area contributed by atoms with Gasteiger partial charge in [-0.1, -0.05) is 0 Å². The highest BCUT2D eigenvalue weighted by atomic mass is 16.5. The molecule has 0 amide bonds. The zero-order valence-corrected chi connectivity index (χ0v) is 9.36. The third-order valence-corrected chi connectivity index (χ3v) is 2.19. The Morgan fingerprint density at radius 3 is 2.60 bits per heavy atom. The molecule has 0 saturated heterocycles. The number of nitrogens with two attached hydrogens (primary N) is 1. The van der Waals surface area contributed by atoms with Crippen LogP contribution < -0.4 is 10.5 Å². The van der Waals surface area contributed by atoms with Gasteiger partial charge in [-0.2, -0.15) is 0 Å². The standard InChI is InChI=1S/C10H17N3O2/c1-10(2,14-3)4-7-15-9-8(11)12-5-6-13-9/h5-6H,4,7H2,1-3H3,(H2,11,12). The van der Waals surface area contributed by atoms with Crippen molar-refractivity contribution in [2.24, 2.45) is 0 Å². The molecule has 0 spiro atoms. The molecule has 5 heteroatoms. The van der Waals surface area contributed by atoms with Crippen molar-refractivity contribution in [3.05, 3.63) is 12.4 Å². The highest BCUT2D eigenvalue weighted by Gasteiger charge is 2.16. The average Bonchev–Trinajstić information content (AvgIpc) is 2.21. The van der Waals surface area contributed by atoms with E-state index in [0.717, 1.165) is 6.42 Å². The van der Waals surface area contributed by atoms with Gasteiger partial charge in [0.15, 0.2) is 5.82 Å². The van der Waals surface area contributed by atoms with Gasteiger partial charge < -0.3 is 15.2 Å². The van der Waals surface area contributed by atoms with Crippen LogP contribution in [-0.4, -0.2) is 29.3 Å². The van der Waals surface area contributed by atoms with Crippen molar-refractivity contribution in [1.82, 2.24) is 9.97 Å². The van der Waals surface area contributed by atoms with Gasteiger partial charge in [-0.3, -0.25) is 0 Å². The molecule has 1 aromatic rings. The van der Waals surface area contributed by atoms with Crippen LogP contribution in [0.2, 0.25) is 0 Å². The number of nitrogens with zero attached hydrogens (tertiary/aromatic N) is 2. The summed E-state index contributed by atoms with van der Waals surface area (Å²) in [5.41, 5.74) is 5.38. The second kappa shape index (κ2) is 4.93. The van der Waals surface area contributed by atoms with E-state index in [0.29, 0.717) is 18.3 Å². The minimum Gasteiger partial charge on any atom is -0.475 e. The summed E-state index contributed by atoms with van der Waals surface area (Å²) in [5, 5.41) is 0. The summed E-state index contributed by atoms with van der Waals surface area (Å²) in [7, 11) is 1.68. The van der Waals surface area contributed by atoms with E-state index in [2.05, 4.69) is 9.97 Å². The van der Waals surface area contributed by atoms with Crippen molar-refractivity contribution in [3.63, 3.8) is 0 Å². The molecule has 0 aliphatic carbocycles. The molecular formula is C10H17N3O2. The molecule has 2 N–H and O–H groups in total. The van der Waals surface area contributed by atoms with E-state index < -0.39 is 0 Å². The number of hydrogen-bond acceptors (Lipinski definition) is 5. The quantitative estimate of drug-likeness (QED) is 0.793. The Bertz CT molecular complexity index is 315. The van der Waals surface area contributed by atoms with Crippen molar-refractivity contribution in [3.8, 4) is 5.88 Å². The first kappa shape index (κ1) is 11.7. The van der Waals surface area contributed by atoms with Crippen LogP contribution in [0.25, 0.3) is 0 Å². The third-order valence-electron chi connectivity index (χ3n) is 2.19. The van der Waals surface area contributed by atoms with Crippen LogP contribution in [0, 0.1) is 0 Å². The predicted molar refractivity (Wildman–Crippen MR) is 57.6 cm³/mol. The fourth-order valence-electron chi connectivity index (χ4n) is 0.943. The van der Waals surface area contributed by atoms with Crippen molar-refractivity contribution in [2.45, 2.75) is 25.9 Å². The summed E-state index contributed by atoms with van der Waals surface area (Å²) in [6.07, 6.45) is 3.84. The fraction of sp³-hybridized carbons (Fsp3) is 0.600. The molecule has 0 fully saturated rings. The summed E-state index contributed by atoms with van der Waals surface area (Å²) < 4.78 is 10.7. The lowest BCUT2D eigenvalue weighted by molar-refractivity contribution is 0.00512. The first-order valence-corrected chi connectivity index (χ1v) is 4.79. The number of nitrogen functional groups attached to an aromatic ring is 1. The summed E-state index contributed by atoms with van der Waals surface area (Å²) in [4.78, 5) is 7.85. The summed E-state index contributed by atoms with van der Waals surface area (Å²) in [6.45, 7) is 4.50. The van der Waals surface area contributed by atoms with E-state index in [4.69, 9.17) is 15.2 Å². The van der Waals surface area contributed by atoms with E-state index in [1.165, 1.54) is 6.20 Å². The van der Waals surface area contributed by atoms with Gasteiger partial charge in [0.05, 0.1) is 12.2 Å². The molecule has 0 radical (unpaired) electrons. The Hall–Kier alpha value is -1.36. The van der Waals surface area contributed by atoms with Crippen LogP contribution in [0.1, 0.15) is 20.3 Å². The molecule has 1 rings (SSSR count). The average molecular weight is 211 g/mol. The van der Waals surface area contributed by atoms with Crippen molar-refractivity contribution >= 4 is 5.82 Å². The maximum absolute atomic E-state index is 5.57. The SMILES string of the molecule is COC(C)(C)CCOc1nccnc1N. The molecule has 1 heterocycles. The normalized spacial score (nSPS) is 11.4. The molecule has 5 nitrogen and oxygen atoms in total. The number of methoxy groups -OCH3 is 1. The zero-order valence-electron chi connectivity index (χ0n) is 9.36. The van der Waals surface area contributed by atoms with Crippen LogP contribution >= 0.6 is 0 Å². The highest BCUT2D eigenvalue weighted by molar-refractivity contribution is 5.38. The van der Waals surface area contributed by atoms with Crippen LogP contribution in [0.5, 0.6) is 5.88 Å². The molecule has 15 heavy (non-hydrogen) atoms.